The second-order valence-corrected chi connectivity index (χ2v) is 6.46. The van der Waals surface area contributed by atoms with Gasteiger partial charge < -0.3 is 10.3 Å². The highest BCUT2D eigenvalue weighted by molar-refractivity contribution is 7.09. The number of thiophene rings is 1. The van der Waals surface area contributed by atoms with Crippen LogP contribution in [0, 0.1) is 0 Å². The summed E-state index contributed by atoms with van der Waals surface area (Å²) < 4.78 is 1.32. The van der Waals surface area contributed by atoms with E-state index in [9.17, 15) is 9.59 Å². The Labute approximate surface area is 140 Å². The van der Waals surface area contributed by atoms with Crippen LogP contribution in [0.3, 0.4) is 0 Å². The third kappa shape index (κ3) is 2.59. The number of carbonyl (C=O) groups is 1. The number of rotatable bonds is 4. The van der Waals surface area contributed by atoms with Crippen molar-refractivity contribution in [2.75, 3.05) is 0 Å². The van der Waals surface area contributed by atoms with Crippen LogP contribution >= 0.6 is 11.3 Å². The number of nitrogens with one attached hydrogen (secondary N) is 2. The van der Waals surface area contributed by atoms with Gasteiger partial charge in [-0.05, 0) is 17.5 Å². The van der Waals surface area contributed by atoms with Crippen molar-refractivity contribution in [2.24, 2.45) is 0 Å². The zero-order valence-electron chi connectivity index (χ0n) is 12.7. The van der Waals surface area contributed by atoms with E-state index in [0.29, 0.717) is 17.6 Å². The van der Waals surface area contributed by atoms with Crippen LogP contribution in [0.2, 0.25) is 0 Å². The molecule has 4 aromatic rings. The van der Waals surface area contributed by atoms with E-state index in [1.807, 2.05) is 41.8 Å². The van der Waals surface area contributed by atoms with Crippen LogP contribution in [0.1, 0.15) is 4.88 Å². The molecule has 0 spiro atoms. The van der Waals surface area contributed by atoms with E-state index >= 15 is 0 Å². The van der Waals surface area contributed by atoms with Gasteiger partial charge in [-0.2, -0.15) is 0 Å². The first-order valence-electron chi connectivity index (χ1n) is 7.47. The van der Waals surface area contributed by atoms with E-state index in [1.165, 1.54) is 10.9 Å². The normalized spacial score (nSPS) is 11.2. The van der Waals surface area contributed by atoms with E-state index in [-0.39, 0.29) is 18.0 Å². The molecule has 1 aromatic carbocycles. The summed E-state index contributed by atoms with van der Waals surface area (Å²) in [5.74, 6) is -0.220. The molecule has 3 heterocycles. The maximum atomic E-state index is 12.6. The Kier molecular flexibility index (Phi) is 3.62. The number of fused-ring (bicyclic) bond motifs is 3. The number of para-hydroxylation sites is 1. The summed E-state index contributed by atoms with van der Waals surface area (Å²) >= 11 is 1.58. The first-order chi connectivity index (χ1) is 11.7. The van der Waals surface area contributed by atoms with Crippen molar-refractivity contribution in [3.63, 3.8) is 0 Å². The van der Waals surface area contributed by atoms with E-state index in [1.54, 1.807) is 11.3 Å². The largest absolute Gasteiger partial charge is 0.350 e. The number of aromatic amines is 1. The molecule has 6 nitrogen and oxygen atoms in total. The molecular weight excluding hydrogens is 324 g/mol. The molecule has 1 amide bonds. The molecule has 4 rings (SSSR count). The molecule has 0 unspecified atom stereocenters. The van der Waals surface area contributed by atoms with Gasteiger partial charge in [-0.15, -0.1) is 11.3 Å². The summed E-state index contributed by atoms with van der Waals surface area (Å²) in [5.41, 5.74) is 1.66. The second-order valence-electron chi connectivity index (χ2n) is 5.43. The molecule has 0 fully saturated rings. The lowest BCUT2D eigenvalue weighted by Crippen LogP contribution is -2.32. The first-order valence-corrected chi connectivity index (χ1v) is 8.35. The topological polar surface area (TPSA) is 79.8 Å². The van der Waals surface area contributed by atoms with E-state index in [0.717, 1.165) is 15.8 Å². The van der Waals surface area contributed by atoms with Crippen molar-refractivity contribution in [3.8, 4) is 0 Å². The van der Waals surface area contributed by atoms with Crippen LogP contribution in [0.5, 0.6) is 0 Å². The number of hydrogen-bond donors (Lipinski definition) is 2. The Hall–Kier alpha value is -2.93. The van der Waals surface area contributed by atoms with Crippen LogP contribution in [0.15, 0.2) is 52.9 Å². The average Bonchev–Trinajstić information content (AvgIpc) is 3.23. The van der Waals surface area contributed by atoms with Crippen molar-refractivity contribution in [1.29, 1.82) is 0 Å². The predicted molar refractivity (Wildman–Crippen MR) is 94.0 cm³/mol. The van der Waals surface area contributed by atoms with Gasteiger partial charge in [-0.3, -0.25) is 14.2 Å². The number of hydrogen-bond acceptors (Lipinski definition) is 4. The fraction of sp³-hybridized carbons (Fsp3) is 0.118. The van der Waals surface area contributed by atoms with Crippen LogP contribution < -0.4 is 10.9 Å². The van der Waals surface area contributed by atoms with Gasteiger partial charge in [-0.1, -0.05) is 24.3 Å². The molecule has 24 heavy (non-hydrogen) atoms. The number of amides is 1. The molecular formula is C17H14N4O2S. The average molecular weight is 338 g/mol. The highest BCUT2D eigenvalue weighted by atomic mass is 32.1. The summed E-state index contributed by atoms with van der Waals surface area (Å²) in [4.78, 5) is 33.1. The number of aromatic nitrogens is 3. The van der Waals surface area contributed by atoms with Crippen molar-refractivity contribution in [1.82, 2.24) is 19.9 Å². The molecule has 0 aliphatic carbocycles. The summed E-state index contributed by atoms with van der Waals surface area (Å²) in [7, 11) is 0. The van der Waals surface area contributed by atoms with Crippen molar-refractivity contribution < 1.29 is 4.79 Å². The standard InChI is InChI=1S/C17H14N4O2S/c22-14(18-8-11-4-3-7-24-11)9-21-10-19-15-12-5-1-2-6-13(12)20-16(15)17(21)23/h1-7,10,20H,8-9H2,(H,18,22). The lowest BCUT2D eigenvalue weighted by molar-refractivity contribution is -0.121. The fourth-order valence-electron chi connectivity index (χ4n) is 2.66. The maximum absolute atomic E-state index is 12.6. The van der Waals surface area contributed by atoms with Crippen LogP contribution in [0.25, 0.3) is 21.9 Å². The minimum Gasteiger partial charge on any atom is -0.350 e. The molecule has 0 aliphatic heterocycles. The molecule has 2 N–H and O–H groups in total. The molecule has 0 saturated carbocycles. The van der Waals surface area contributed by atoms with Crippen LogP contribution in [-0.2, 0) is 17.9 Å². The van der Waals surface area contributed by atoms with Crippen LogP contribution in [-0.4, -0.2) is 20.4 Å². The number of H-pyrrole nitrogens is 1. The van der Waals surface area contributed by atoms with Gasteiger partial charge in [0.25, 0.3) is 5.56 Å². The van der Waals surface area contributed by atoms with E-state index in [4.69, 9.17) is 0 Å². The lowest BCUT2D eigenvalue weighted by atomic mass is 10.2. The quantitative estimate of drug-likeness (QED) is 0.599. The minimum absolute atomic E-state index is 0.0531. The van der Waals surface area contributed by atoms with Gasteiger partial charge >= 0.3 is 0 Å². The number of nitrogens with zero attached hydrogens (tertiary/aromatic N) is 2. The maximum Gasteiger partial charge on any atom is 0.278 e. The Morgan fingerprint density at radius 1 is 1.25 bits per heavy atom. The number of benzene rings is 1. The SMILES string of the molecule is O=C(Cn1cnc2c([nH]c3ccccc32)c1=O)NCc1cccs1. The highest BCUT2D eigenvalue weighted by Gasteiger charge is 2.12. The Morgan fingerprint density at radius 2 is 2.12 bits per heavy atom. The van der Waals surface area contributed by atoms with Gasteiger partial charge in [0, 0.05) is 15.8 Å². The van der Waals surface area contributed by atoms with Gasteiger partial charge in [0.05, 0.1) is 12.9 Å². The second kappa shape index (κ2) is 5.93. The zero-order chi connectivity index (χ0) is 16.5. The van der Waals surface area contributed by atoms with Gasteiger partial charge in [0.15, 0.2) is 0 Å². The van der Waals surface area contributed by atoms with E-state index in [2.05, 4.69) is 15.3 Å². The van der Waals surface area contributed by atoms with Gasteiger partial charge in [-0.25, -0.2) is 4.98 Å². The zero-order valence-corrected chi connectivity index (χ0v) is 13.5. The minimum atomic E-state index is -0.248. The molecule has 0 saturated heterocycles. The molecule has 7 heteroatoms. The fourth-order valence-corrected chi connectivity index (χ4v) is 3.31. The van der Waals surface area contributed by atoms with E-state index < -0.39 is 0 Å². The van der Waals surface area contributed by atoms with Crippen molar-refractivity contribution in [3.05, 3.63) is 63.3 Å². The predicted octanol–water partition coefficient (Wildman–Crippen LogP) is 2.26. The molecule has 120 valence electrons. The molecule has 0 atom stereocenters. The summed E-state index contributed by atoms with van der Waals surface area (Å²) in [6.07, 6.45) is 1.43. The Bertz CT molecular complexity index is 1080. The third-order valence-electron chi connectivity index (χ3n) is 3.83. The smallest absolute Gasteiger partial charge is 0.278 e. The molecule has 0 bridgehead atoms. The Morgan fingerprint density at radius 3 is 2.96 bits per heavy atom. The summed E-state index contributed by atoms with van der Waals surface area (Å²) in [6.45, 7) is 0.413. The Balaban J connectivity index is 1.60. The van der Waals surface area contributed by atoms with Crippen molar-refractivity contribution in [2.45, 2.75) is 13.1 Å². The summed E-state index contributed by atoms with van der Waals surface area (Å²) in [6, 6.07) is 11.5. The highest BCUT2D eigenvalue weighted by Crippen LogP contribution is 2.20. The molecule has 0 radical (unpaired) electrons. The summed E-state index contributed by atoms with van der Waals surface area (Å²) in [5, 5.41) is 5.67. The third-order valence-corrected chi connectivity index (χ3v) is 4.71. The van der Waals surface area contributed by atoms with Gasteiger partial charge in [0.2, 0.25) is 5.91 Å². The van der Waals surface area contributed by atoms with Crippen molar-refractivity contribution >= 4 is 39.2 Å². The van der Waals surface area contributed by atoms with Crippen LogP contribution in [0.4, 0.5) is 0 Å². The molecule has 3 aromatic heterocycles. The van der Waals surface area contributed by atoms with Gasteiger partial charge in [0.1, 0.15) is 17.6 Å². The molecule has 0 aliphatic rings. The lowest BCUT2D eigenvalue weighted by Gasteiger charge is -2.06. The monoisotopic (exact) mass is 338 g/mol. The first kappa shape index (κ1) is 14.6. The number of carbonyl (C=O) groups excluding carboxylic acids is 1.